The van der Waals surface area contributed by atoms with Crippen molar-refractivity contribution in [2.24, 2.45) is 0 Å². The molecule has 0 radical (unpaired) electrons. The molecular weight excluding hydrogens is 276 g/mol. The predicted octanol–water partition coefficient (Wildman–Crippen LogP) is 3.42. The van der Waals surface area contributed by atoms with Crippen molar-refractivity contribution in [2.75, 3.05) is 0 Å². The van der Waals surface area contributed by atoms with E-state index in [9.17, 15) is 9.90 Å². The fraction of sp³-hybridized carbons (Fsp3) is 0.333. The number of benzene rings is 1. The Morgan fingerprint density at radius 2 is 2.10 bits per heavy atom. The lowest BCUT2D eigenvalue weighted by Gasteiger charge is -2.25. The molecule has 3 rings (SSSR count). The molecule has 0 bridgehead atoms. The quantitative estimate of drug-likeness (QED) is 0.942. The SMILES string of the molecule is O=C(O)C1(c2ccc(-n3cccn3)c(Cl)c2)CCCC1. The maximum atomic E-state index is 11.7. The summed E-state index contributed by atoms with van der Waals surface area (Å²) in [6, 6.07) is 7.30. The number of carboxylic acid groups (broad SMARTS) is 1. The lowest BCUT2D eigenvalue weighted by Crippen LogP contribution is -2.32. The Kier molecular flexibility index (Phi) is 3.26. The van der Waals surface area contributed by atoms with Gasteiger partial charge in [0.05, 0.1) is 16.1 Å². The summed E-state index contributed by atoms with van der Waals surface area (Å²) in [5.74, 6) is -0.752. The van der Waals surface area contributed by atoms with Gasteiger partial charge in [-0.05, 0) is 36.6 Å². The van der Waals surface area contributed by atoms with Crippen molar-refractivity contribution in [1.29, 1.82) is 0 Å². The highest BCUT2D eigenvalue weighted by molar-refractivity contribution is 6.32. The van der Waals surface area contributed by atoms with E-state index in [4.69, 9.17) is 11.6 Å². The number of carboxylic acids is 1. The highest BCUT2D eigenvalue weighted by atomic mass is 35.5. The van der Waals surface area contributed by atoms with Crippen LogP contribution in [0.2, 0.25) is 5.02 Å². The molecule has 0 saturated heterocycles. The number of carbonyl (C=O) groups is 1. The average Bonchev–Trinajstić information content (AvgIpc) is 3.11. The Balaban J connectivity index is 2.04. The second kappa shape index (κ2) is 4.94. The Hall–Kier alpha value is -1.81. The molecule has 1 heterocycles. The van der Waals surface area contributed by atoms with E-state index in [1.54, 1.807) is 16.9 Å². The summed E-state index contributed by atoms with van der Waals surface area (Å²) in [6.45, 7) is 0. The average molecular weight is 291 g/mol. The van der Waals surface area contributed by atoms with Gasteiger partial charge < -0.3 is 5.11 Å². The minimum atomic E-state index is -0.772. The highest BCUT2D eigenvalue weighted by Crippen LogP contribution is 2.42. The van der Waals surface area contributed by atoms with Gasteiger partial charge in [0.25, 0.3) is 0 Å². The van der Waals surface area contributed by atoms with E-state index in [1.807, 2.05) is 24.4 Å². The number of nitrogens with zero attached hydrogens (tertiary/aromatic N) is 2. The molecule has 5 heteroatoms. The van der Waals surface area contributed by atoms with E-state index in [2.05, 4.69) is 5.10 Å². The van der Waals surface area contributed by atoms with Gasteiger partial charge in [-0.2, -0.15) is 5.10 Å². The molecule has 0 amide bonds. The van der Waals surface area contributed by atoms with Crippen LogP contribution in [0.4, 0.5) is 0 Å². The fourth-order valence-electron chi connectivity index (χ4n) is 3.01. The van der Waals surface area contributed by atoms with Gasteiger partial charge in [-0.15, -0.1) is 0 Å². The topological polar surface area (TPSA) is 55.1 Å². The molecule has 1 aromatic carbocycles. The van der Waals surface area contributed by atoms with E-state index < -0.39 is 11.4 Å². The molecule has 1 N–H and O–H groups in total. The lowest BCUT2D eigenvalue weighted by molar-refractivity contribution is -0.143. The predicted molar refractivity (Wildman–Crippen MR) is 76.4 cm³/mol. The van der Waals surface area contributed by atoms with Gasteiger partial charge in [0.15, 0.2) is 0 Å². The molecule has 1 aliphatic rings. The van der Waals surface area contributed by atoms with E-state index in [-0.39, 0.29) is 0 Å². The van der Waals surface area contributed by atoms with Crippen LogP contribution < -0.4 is 0 Å². The monoisotopic (exact) mass is 290 g/mol. The summed E-state index contributed by atoms with van der Waals surface area (Å²) in [4.78, 5) is 11.7. The van der Waals surface area contributed by atoms with E-state index >= 15 is 0 Å². The van der Waals surface area contributed by atoms with E-state index in [1.165, 1.54) is 0 Å². The standard InChI is InChI=1S/C15H15ClN2O2/c16-12-10-11(15(14(19)20)6-1-2-7-15)4-5-13(12)18-9-3-8-17-18/h3-5,8-10H,1-2,6-7H2,(H,19,20). The first-order chi connectivity index (χ1) is 9.63. The van der Waals surface area contributed by atoms with Gasteiger partial charge in [0, 0.05) is 12.4 Å². The summed E-state index contributed by atoms with van der Waals surface area (Å²) < 4.78 is 1.67. The first kappa shape index (κ1) is 13.2. The van der Waals surface area contributed by atoms with Crippen LogP contribution >= 0.6 is 11.6 Å². The molecule has 0 spiro atoms. The zero-order valence-corrected chi connectivity index (χ0v) is 11.7. The summed E-state index contributed by atoms with van der Waals surface area (Å²) in [6.07, 6.45) is 6.75. The normalized spacial score (nSPS) is 17.2. The van der Waals surface area contributed by atoms with Crippen molar-refractivity contribution < 1.29 is 9.90 Å². The van der Waals surface area contributed by atoms with Crippen LogP contribution in [0.5, 0.6) is 0 Å². The van der Waals surface area contributed by atoms with E-state index in [0.717, 1.165) is 24.1 Å². The van der Waals surface area contributed by atoms with Crippen LogP contribution in [0.15, 0.2) is 36.7 Å². The van der Waals surface area contributed by atoms with Gasteiger partial charge >= 0.3 is 5.97 Å². The highest BCUT2D eigenvalue weighted by Gasteiger charge is 2.43. The zero-order valence-electron chi connectivity index (χ0n) is 10.9. The molecule has 4 nitrogen and oxygen atoms in total. The number of hydrogen-bond donors (Lipinski definition) is 1. The molecule has 1 aromatic heterocycles. The molecule has 2 aromatic rings. The van der Waals surface area contributed by atoms with Crippen molar-refractivity contribution in [3.05, 3.63) is 47.2 Å². The second-order valence-electron chi connectivity index (χ2n) is 5.21. The van der Waals surface area contributed by atoms with Gasteiger partial charge in [-0.3, -0.25) is 4.79 Å². The molecule has 1 fully saturated rings. The van der Waals surface area contributed by atoms with Gasteiger partial charge in [0.2, 0.25) is 0 Å². The maximum absolute atomic E-state index is 11.7. The molecule has 1 aliphatic carbocycles. The zero-order chi connectivity index (χ0) is 14.2. The fourth-order valence-corrected chi connectivity index (χ4v) is 3.27. The van der Waals surface area contributed by atoms with Crippen LogP contribution in [0.25, 0.3) is 5.69 Å². The van der Waals surface area contributed by atoms with E-state index in [0.29, 0.717) is 17.9 Å². The van der Waals surface area contributed by atoms with Gasteiger partial charge in [0.1, 0.15) is 0 Å². The van der Waals surface area contributed by atoms with Crippen LogP contribution in [0, 0.1) is 0 Å². The van der Waals surface area contributed by atoms with Crippen LogP contribution in [-0.4, -0.2) is 20.9 Å². The number of hydrogen-bond acceptors (Lipinski definition) is 2. The van der Waals surface area contributed by atoms with Crippen molar-refractivity contribution in [3.8, 4) is 5.69 Å². The lowest BCUT2D eigenvalue weighted by atomic mass is 9.79. The van der Waals surface area contributed by atoms with Crippen molar-refractivity contribution in [1.82, 2.24) is 9.78 Å². The number of rotatable bonds is 3. The Bertz CT molecular complexity index is 631. The molecular formula is C15H15ClN2O2. The Labute approximate surface area is 122 Å². The number of aromatic nitrogens is 2. The Morgan fingerprint density at radius 3 is 2.65 bits per heavy atom. The largest absolute Gasteiger partial charge is 0.481 e. The first-order valence-corrected chi connectivity index (χ1v) is 7.05. The maximum Gasteiger partial charge on any atom is 0.314 e. The van der Waals surface area contributed by atoms with Gasteiger partial charge in [-0.25, -0.2) is 4.68 Å². The minimum absolute atomic E-state index is 0.527. The molecule has 1 saturated carbocycles. The third-order valence-corrected chi connectivity index (χ3v) is 4.42. The molecule has 104 valence electrons. The number of aliphatic carboxylic acids is 1. The molecule has 20 heavy (non-hydrogen) atoms. The van der Waals surface area contributed by atoms with Crippen molar-refractivity contribution >= 4 is 17.6 Å². The summed E-state index contributed by atoms with van der Waals surface area (Å²) in [7, 11) is 0. The van der Waals surface area contributed by atoms with Crippen LogP contribution in [-0.2, 0) is 10.2 Å². The summed E-state index contributed by atoms with van der Waals surface area (Å²) >= 11 is 6.31. The van der Waals surface area contributed by atoms with Crippen molar-refractivity contribution in [3.63, 3.8) is 0 Å². The third-order valence-electron chi connectivity index (χ3n) is 4.12. The van der Waals surface area contributed by atoms with Crippen LogP contribution in [0.3, 0.4) is 0 Å². The first-order valence-electron chi connectivity index (χ1n) is 6.67. The summed E-state index contributed by atoms with van der Waals surface area (Å²) in [5, 5.41) is 14.3. The molecule has 0 atom stereocenters. The van der Waals surface area contributed by atoms with Gasteiger partial charge in [-0.1, -0.05) is 30.5 Å². The molecule has 0 unspecified atom stereocenters. The minimum Gasteiger partial charge on any atom is -0.481 e. The Morgan fingerprint density at radius 1 is 1.35 bits per heavy atom. The second-order valence-corrected chi connectivity index (χ2v) is 5.62. The third kappa shape index (κ3) is 2.00. The van der Waals surface area contributed by atoms with Crippen LogP contribution in [0.1, 0.15) is 31.2 Å². The van der Waals surface area contributed by atoms with Crippen molar-refractivity contribution in [2.45, 2.75) is 31.1 Å². The summed E-state index contributed by atoms with van der Waals surface area (Å²) in [5.41, 5.74) is 0.786. The molecule has 0 aliphatic heterocycles. The number of halogens is 1. The smallest absolute Gasteiger partial charge is 0.314 e.